The number of piperidine rings is 1. The van der Waals surface area contributed by atoms with Crippen LogP contribution < -0.4 is 10.6 Å². The van der Waals surface area contributed by atoms with Gasteiger partial charge in [-0.05, 0) is 61.0 Å². The number of carbonyl (C=O) groups is 1. The van der Waals surface area contributed by atoms with E-state index in [0.717, 1.165) is 40.6 Å². The lowest BCUT2D eigenvalue weighted by Crippen LogP contribution is -2.45. The Morgan fingerprint density at radius 1 is 1.50 bits per heavy atom. The summed E-state index contributed by atoms with van der Waals surface area (Å²) in [5, 5.41) is 6.40. The van der Waals surface area contributed by atoms with E-state index in [1.807, 2.05) is 25.1 Å². The SMILES string of the molecule is Cc1ccc(I)c(C(=O)N[C@H]2CCCNC2)c1.Cl. The van der Waals surface area contributed by atoms with Gasteiger partial charge in [-0.25, -0.2) is 0 Å². The minimum Gasteiger partial charge on any atom is -0.348 e. The largest absolute Gasteiger partial charge is 0.348 e. The maximum Gasteiger partial charge on any atom is 0.252 e. The summed E-state index contributed by atoms with van der Waals surface area (Å²) in [7, 11) is 0. The summed E-state index contributed by atoms with van der Waals surface area (Å²) in [4.78, 5) is 12.1. The van der Waals surface area contributed by atoms with Crippen LogP contribution in [-0.2, 0) is 0 Å². The van der Waals surface area contributed by atoms with Crippen LogP contribution in [-0.4, -0.2) is 25.0 Å². The molecule has 0 aliphatic carbocycles. The average molecular weight is 381 g/mol. The Kier molecular flexibility index (Phi) is 6.38. The van der Waals surface area contributed by atoms with Crippen LogP contribution in [0, 0.1) is 10.5 Å². The molecule has 1 amide bonds. The van der Waals surface area contributed by atoms with Crippen molar-refractivity contribution in [3.8, 4) is 0 Å². The highest BCUT2D eigenvalue weighted by Crippen LogP contribution is 2.14. The lowest BCUT2D eigenvalue weighted by molar-refractivity contribution is 0.0929. The Bertz CT molecular complexity index is 419. The molecule has 0 spiro atoms. The van der Waals surface area contributed by atoms with E-state index in [2.05, 4.69) is 33.2 Å². The van der Waals surface area contributed by atoms with Crippen LogP contribution in [0.1, 0.15) is 28.8 Å². The second-order valence-corrected chi connectivity index (χ2v) is 5.66. The molecule has 1 aromatic carbocycles. The quantitative estimate of drug-likeness (QED) is 0.774. The zero-order valence-electron chi connectivity index (χ0n) is 10.3. The molecule has 2 rings (SSSR count). The molecule has 1 atom stereocenters. The van der Waals surface area contributed by atoms with Crippen molar-refractivity contribution >= 4 is 40.9 Å². The second kappa shape index (κ2) is 7.31. The Morgan fingerprint density at radius 3 is 2.94 bits per heavy atom. The van der Waals surface area contributed by atoms with Crippen LogP contribution in [0.25, 0.3) is 0 Å². The molecule has 1 aromatic rings. The number of nitrogens with one attached hydrogen (secondary N) is 2. The van der Waals surface area contributed by atoms with E-state index < -0.39 is 0 Å². The van der Waals surface area contributed by atoms with Gasteiger partial charge in [-0.3, -0.25) is 4.79 Å². The molecule has 5 heteroatoms. The third-order valence-electron chi connectivity index (χ3n) is 3.00. The maximum absolute atomic E-state index is 12.1. The van der Waals surface area contributed by atoms with Crippen LogP contribution in [0.3, 0.4) is 0 Å². The first-order chi connectivity index (χ1) is 8.16. The van der Waals surface area contributed by atoms with E-state index in [0.29, 0.717) is 0 Å². The van der Waals surface area contributed by atoms with E-state index in [1.54, 1.807) is 0 Å². The van der Waals surface area contributed by atoms with Gasteiger partial charge in [0, 0.05) is 16.2 Å². The highest BCUT2D eigenvalue weighted by Gasteiger charge is 2.17. The zero-order valence-corrected chi connectivity index (χ0v) is 13.3. The minimum atomic E-state index is 0. The van der Waals surface area contributed by atoms with Crippen LogP contribution in [0.15, 0.2) is 18.2 Å². The molecule has 1 aliphatic rings. The first-order valence-corrected chi connectivity index (χ1v) is 7.02. The Labute approximate surface area is 128 Å². The summed E-state index contributed by atoms with van der Waals surface area (Å²) in [6.45, 7) is 3.96. The maximum atomic E-state index is 12.1. The van der Waals surface area contributed by atoms with Gasteiger partial charge in [0.1, 0.15) is 0 Å². The van der Waals surface area contributed by atoms with Crippen molar-refractivity contribution in [2.75, 3.05) is 13.1 Å². The fourth-order valence-electron chi connectivity index (χ4n) is 2.05. The lowest BCUT2D eigenvalue weighted by atomic mass is 10.1. The smallest absolute Gasteiger partial charge is 0.252 e. The summed E-state index contributed by atoms with van der Waals surface area (Å²) in [5.41, 5.74) is 1.91. The predicted molar refractivity (Wildman–Crippen MR) is 84.5 cm³/mol. The summed E-state index contributed by atoms with van der Waals surface area (Å²) < 4.78 is 1.01. The van der Waals surface area contributed by atoms with Gasteiger partial charge in [-0.15, -0.1) is 12.4 Å². The number of aryl methyl sites for hydroxylation is 1. The molecule has 0 aromatic heterocycles. The molecule has 1 heterocycles. The highest BCUT2D eigenvalue weighted by atomic mass is 127. The monoisotopic (exact) mass is 380 g/mol. The van der Waals surface area contributed by atoms with Gasteiger partial charge in [0.25, 0.3) is 5.91 Å². The van der Waals surface area contributed by atoms with E-state index in [-0.39, 0.29) is 24.4 Å². The second-order valence-electron chi connectivity index (χ2n) is 4.50. The third-order valence-corrected chi connectivity index (χ3v) is 3.94. The molecule has 0 unspecified atom stereocenters. The molecular weight excluding hydrogens is 363 g/mol. The van der Waals surface area contributed by atoms with E-state index >= 15 is 0 Å². The first-order valence-electron chi connectivity index (χ1n) is 5.94. The number of amides is 1. The van der Waals surface area contributed by atoms with Crippen molar-refractivity contribution in [3.05, 3.63) is 32.9 Å². The summed E-state index contributed by atoms with van der Waals surface area (Å²) in [6, 6.07) is 6.24. The topological polar surface area (TPSA) is 41.1 Å². The number of halogens is 2. The van der Waals surface area contributed by atoms with Crippen LogP contribution in [0.2, 0.25) is 0 Å². The molecule has 1 aliphatic heterocycles. The number of benzene rings is 1. The molecule has 18 heavy (non-hydrogen) atoms. The first kappa shape index (κ1) is 15.7. The normalized spacial score (nSPS) is 18.9. The van der Waals surface area contributed by atoms with Crippen molar-refractivity contribution in [2.45, 2.75) is 25.8 Å². The molecule has 0 saturated carbocycles. The molecule has 0 radical (unpaired) electrons. The van der Waals surface area contributed by atoms with Gasteiger partial charge in [0.2, 0.25) is 0 Å². The van der Waals surface area contributed by atoms with Crippen molar-refractivity contribution < 1.29 is 4.79 Å². The fraction of sp³-hybridized carbons (Fsp3) is 0.462. The van der Waals surface area contributed by atoms with Gasteiger partial charge in [0.15, 0.2) is 0 Å². The molecule has 100 valence electrons. The highest BCUT2D eigenvalue weighted by molar-refractivity contribution is 14.1. The molecule has 0 bridgehead atoms. The van der Waals surface area contributed by atoms with Crippen molar-refractivity contribution in [1.82, 2.24) is 10.6 Å². The summed E-state index contributed by atoms with van der Waals surface area (Å²) in [5.74, 6) is 0.0480. The van der Waals surface area contributed by atoms with Crippen LogP contribution in [0.5, 0.6) is 0 Å². The Hall–Kier alpha value is -0.330. The fourth-order valence-corrected chi connectivity index (χ4v) is 2.63. The third kappa shape index (κ3) is 4.10. The number of rotatable bonds is 2. The lowest BCUT2D eigenvalue weighted by Gasteiger charge is -2.24. The summed E-state index contributed by atoms with van der Waals surface area (Å²) in [6.07, 6.45) is 2.21. The van der Waals surface area contributed by atoms with E-state index in [9.17, 15) is 4.79 Å². The predicted octanol–water partition coefficient (Wildman–Crippen LogP) is 2.50. The van der Waals surface area contributed by atoms with Crippen molar-refractivity contribution in [3.63, 3.8) is 0 Å². The van der Waals surface area contributed by atoms with Gasteiger partial charge < -0.3 is 10.6 Å². The number of hydrogen-bond donors (Lipinski definition) is 2. The molecule has 1 fully saturated rings. The summed E-state index contributed by atoms with van der Waals surface area (Å²) >= 11 is 2.21. The standard InChI is InChI=1S/C13H17IN2O.ClH/c1-9-4-5-12(14)11(7-9)13(17)16-10-3-2-6-15-8-10;/h4-5,7,10,15H,2-3,6,8H2,1H3,(H,16,17);1H/t10-;/m0./s1. The molecule has 2 N–H and O–H groups in total. The van der Waals surface area contributed by atoms with E-state index in [1.165, 1.54) is 0 Å². The van der Waals surface area contributed by atoms with E-state index in [4.69, 9.17) is 0 Å². The Morgan fingerprint density at radius 2 is 2.28 bits per heavy atom. The Balaban J connectivity index is 0.00000162. The van der Waals surface area contributed by atoms with Crippen molar-refractivity contribution in [2.24, 2.45) is 0 Å². The van der Waals surface area contributed by atoms with Crippen molar-refractivity contribution in [1.29, 1.82) is 0 Å². The molecular formula is C13H18ClIN2O. The average Bonchev–Trinajstić information content (AvgIpc) is 2.33. The number of carbonyl (C=O) groups excluding carboxylic acids is 1. The molecule has 1 saturated heterocycles. The molecule has 3 nitrogen and oxygen atoms in total. The zero-order chi connectivity index (χ0) is 12.3. The van der Waals surface area contributed by atoms with Crippen LogP contribution >= 0.6 is 35.0 Å². The van der Waals surface area contributed by atoms with Gasteiger partial charge in [-0.2, -0.15) is 0 Å². The number of hydrogen-bond acceptors (Lipinski definition) is 2. The van der Waals surface area contributed by atoms with Gasteiger partial charge >= 0.3 is 0 Å². The van der Waals surface area contributed by atoms with Crippen LogP contribution in [0.4, 0.5) is 0 Å². The van der Waals surface area contributed by atoms with Gasteiger partial charge in [0.05, 0.1) is 5.56 Å². The minimum absolute atomic E-state index is 0. The van der Waals surface area contributed by atoms with Gasteiger partial charge in [-0.1, -0.05) is 11.6 Å².